The second-order valence-electron chi connectivity index (χ2n) is 5.39. The summed E-state index contributed by atoms with van der Waals surface area (Å²) in [5.74, 6) is -0.0962. The van der Waals surface area contributed by atoms with E-state index in [0.29, 0.717) is 12.5 Å². The number of carbonyl (C=O) groups is 1. The Morgan fingerprint density at radius 3 is 3.00 bits per heavy atom. The van der Waals surface area contributed by atoms with E-state index in [9.17, 15) is 4.79 Å². The number of benzene rings is 1. The fourth-order valence-electron chi connectivity index (χ4n) is 2.82. The van der Waals surface area contributed by atoms with E-state index in [2.05, 4.69) is 36.1 Å². The largest absolute Gasteiger partial charge is 0.469 e. The van der Waals surface area contributed by atoms with Crippen LogP contribution in [0.4, 0.5) is 0 Å². The zero-order valence-electron chi connectivity index (χ0n) is 11.9. The molecule has 0 spiro atoms. The van der Waals surface area contributed by atoms with Crippen molar-refractivity contribution in [3.63, 3.8) is 0 Å². The lowest BCUT2D eigenvalue weighted by Crippen LogP contribution is -2.40. The summed E-state index contributed by atoms with van der Waals surface area (Å²) in [7, 11) is 1.47. The van der Waals surface area contributed by atoms with E-state index in [1.165, 1.54) is 31.1 Å². The van der Waals surface area contributed by atoms with Crippen LogP contribution in [0.5, 0.6) is 0 Å². The minimum absolute atomic E-state index is 0.0962. The number of rotatable bonds is 4. The second-order valence-corrected chi connectivity index (χ2v) is 5.39. The highest BCUT2D eigenvalue weighted by atomic mass is 16.5. The Bertz CT molecular complexity index is 431. The average molecular weight is 261 g/mol. The summed E-state index contributed by atoms with van der Waals surface area (Å²) in [5, 5.41) is 0. The number of ether oxygens (including phenoxy) is 1. The first-order valence-electron chi connectivity index (χ1n) is 7.05. The lowest BCUT2D eigenvalue weighted by atomic mass is 9.98. The molecule has 2 rings (SSSR count). The average Bonchev–Trinajstić information content (AvgIpc) is 2.41. The maximum atomic E-state index is 11.5. The molecule has 1 aromatic rings. The third-order valence-electron chi connectivity index (χ3n) is 3.85. The number of methoxy groups -OCH3 is 1. The van der Waals surface area contributed by atoms with Crippen molar-refractivity contribution in [2.24, 2.45) is 0 Å². The lowest BCUT2D eigenvalue weighted by Gasteiger charge is -2.35. The Morgan fingerprint density at radius 2 is 2.26 bits per heavy atom. The van der Waals surface area contributed by atoms with Gasteiger partial charge in [0.1, 0.15) is 0 Å². The molecule has 19 heavy (non-hydrogen) atoms. The van der Waals surface area contributed by atoms with Crippen molar-refractivity contribution >= 4 is 5.97 Å². The first kappa shape index (κ1) is 14.1. The Hall–Kier alpha value is -1.35. The van der Waals surface area contributed by atoms with Gasteiger partial charge in [0, 0.05) is 12.6 Å². The molecule has 3 heteroatoms. The Balaban J connectivity index is 2.01. The molecular formula is C16H23NO2. The van der Waals surface area contributed by atoms with E-state index < -0.39 is 0 Å². The number of esters is 1. The van der Waals surface area contributed by atoms with Crippen LogP contribution in [0.1, 0.15) is 36.8 Å². The molecule has 1 fully saturated rings. The predicted octanol–water partition coefficient (Wildman–Crippen LogP) is 2.91. The van der Waals surface area contributed by atoms with E-state index >= 15 is 0 Å². The van der Waals surface area contributed by atoms with Crippen molar-refractivity contribution < 1.29 is 9.53 Å². The van der Waals surface area contributed by atoms with Gasteiger partial charge in [-0.25, -0.2) is 0 Å². The molecule has 1 unspecified atom stereocenters. The van der Waals surface area contributed by atoms with Crippen LogP contribution in [-0.2, 0) is 16.1 Å². The topological polar surface area (TPSA) is 29.5 Å². The van der Waals surface area contributed by atoms with Gasteiger partial charge in [-0.3, -0.25) is 9.69 Å². The van der Waals surface area contributed by atoms with Gasteiger partial charge in [0.2, 0.25) is 0 Å². The van der Waals surface area contributed by atoms with Crippen molar-refractivity contribution in [2.75, 3.05) is 13.7 Å². The molecule has 3 nitrogen and oxygen atoms in total. The molecule has 0 aliphatic carbocycles. The van der Waals surface area contributed by atoms with E-state index in [1.54, 1.807) is 0 Å². The molecule has 0 saturated carbocycles. The van der Waals surface area contributed by atoms with E-state index in [1.807, 2.05) is 0 Å². The van der Waals surface area contributed by atoms with Crippen LogP contribution < -0.4 is 0 Å². The van der Waals surface area contributed by atoms with Crippen LogP contribution in [0.3, 0.4) is 0 Å². The molecule has 1 aliphatic heterocycles. The summed E-state index contributed by atoms with van der Waals surface area (Å²) in [4.78, 5) is 13.9. The molecule has 0 N–H and O–H groups in total. The molecule has 104 valence electrons. The second kappa shape index (κ2) is 6.71. The van der Waals surface area contributed by atoms with Gasteiger partial charge in [-0.15, -0.1) is 0 Å². The third-order valence-corrected chi connectivity index (χ3v) is 3.85. The van der Waals surface area contributed by atoms with Gasteiger partial charge in [0.05, 0.1) is 13.5 Å². The molecular weight excluding hydrogens is 238 g/mol. The highest BCUT2D eigenvalue weighted by Crippen LogP contribution is 2.22. The van der Waals surface area contributed by atoms with Gasteiger partial charge in [0.25, 0.3) is 0 Å². The number of aryl methyl sites for hydroxylation is 1. The predicted molar refractivity (Wildman–Crippen MR) is 75.9 cm³/mol. The maximum Gasteiger partial charge on any atom is 0.307 e. The lowest BCUT2D eigenvalue weighted by molar-refractivity contribution is -0.142. The standard InChI is InChI=1S/C16H23NO2/c1-13-6-5-7-14(10-13)12-17-9-4-3-8-15(17)11-16(18)19-2/h5-7,10,15H,3-4,8-9,11-12H2,1-2H3. The number of piperidine rings is 1. The van der Waals surface area contributed by atoms with Crippen molar-refractivity contribution in [2.45, 2.75) is 45.2 Å². The van der Waals surface area contributed by atoms with Gasteiger partial charge in [0.15, 0.2) is 0 Å². The number of nitrogens with zero attached hydrogens (tertiary/aromatic N) is 1. The smallest absolute Gasteiger partial charge is 0.307 e. The fourth-order valence-corrected chi connectivity index (χ4v) is 2.82. The van der Waals surface area contributed by atoms with E-state index in [0.717, 1.165) is 19.5 Å². The van der Waals surface area contributed by atoms with Gasteiger partial charge in [-0.2, -0.15) is 0 Å². The first-order chi connectivity index (χ1) is 9.19. The SMILES string of the molecule is COC(=O)CC1CCCCN1Cc1cccc(C)c1. The van der Waals surface area contributed by atoms with Crippen LogP contribution in [-0.4, -0.2) is 30.6 Å². The monoisotopic (exact) mass is 261 g/mol. The van der Waals surface area contributed by atoms with Gasteiger partial charge in [-0.05, 0) is 31.9 Å². The quantitative estimate of drug-likeness (QED) is 0.780. The number of hydrogen-bond acceptors (Lipinski definition) is 3. The number of hydrogen-bond donors (Lipinski definition) is 0. The first-order valence-corrected chi connectivity index (χ1v) is 7.05. The summed E-state index contributed by atoms with van der Waals surface area (Å²) < 4.78 is 4.81. The van der Waals surface area contributed by atoms with Crippen LogP contribution in [0, 0.1) is 6.92 Å². The Kier molecular flexibility index (Phi) is 4.97. The van der Waals surface area contributed by atoms with Crippen molar-refractivity contribution in [1.29, 1.82) is 0 Å². The van der Waals surface area contributed by atoms with Crippen LogP contribution in [0.2, 0.25) is 0 Å². The van der Waals surface area contributed by atoms with Crippen LogP contribution in [0.15, 0.2) is 24.3 Å². The highest BCUT2D eigenvalue weighted by Gasteiger charge is 2.24. The molecule has 1 aromatic carbocycles. The molecule has 0 bridgehead atoms. The minimum atomic E-state index is -0.0962. The Morgan fingerprint density at radius 1 is 1.42 bits per heavy atom. The molecule has 0 radical (unpaired) electrons. The normalized spacial score (nSPS) is 20.2. The van der Waals surface area contributed by atoms with Gasteiger partial charge < -0.3 is 4.74 Å². The molecule has 1 atom stereocenters. The molecule has 1 saturated heterocycles. The zero-order valence-corrected chi connectivity index (χ0v) is 11.9. The van der Waals surface area contributed by atoms with E-state index in [4.69, 9.17) is 4.74 Å². The summed E-state index contributed by atoms with van der Waals surface area (Å²) in [5.41, 5.74) is 2.62. The molecule has 1 heterocycles. The summed E-state index contributed by atoms with van der Waals surface area (Å²) >= 11 is 0. The number of likely N-dealkylation sites (tertiary alicyclic amines) is 1. The Labute approximate surface area is 115 Å². The number of carbonyl (C=O) groups excluding carboxylic acids is 1. The van der Waals surface area contributed by atoms with Crippen molar-refractivity contribution in [1.82, 2.24) is 4.90 Å². The zero-order chi connectivity index (χ0) is 13.7. The van der Waals surface area contributed by atoms with E-state index in [-0.39, 0.29) is 5.97 Å². The summed E-state index contributed by atoms with van der Waals surface area (Å²) in [6, 6.07) is 8.94. The molecule has 0 aromatic heterocycles. The molecule has 0 amide bonds. The molecule has 1 aliphatic rings. The fraction of sp³-hybridized carbons (Fsp3) is 0.562. The summed E-state index contributed by atoms with van der Waals surface area (Å²) in [6.07, 6.45) is 4.05. The van der Waals surface area contributed by atoms with Crippen molar-refractivity contribution in [3.05, 3.63) is 35.4 Å². The van der Waals surface area contributed by atoms with Crippen molar-refractivity contribution in [3.8, 4) is 0 Å². The van der Waals surface area contributed by atoms with Crippen LogP contribution in [0.25, 0.3) is 0 Å². The highest BCUT2D eigenvalue weighted by molar-refractivity contribution is 5.69. The third kappa shape index (κ3) is 4.06. The maximum absolute atomic E-state index is 11.5. The van der Waals surface area contributed by atoms with Gasteiger partial charge in [-0.1, -0.05) is 36.2 Å². The van der Waals surface area contributed by atoms with Gasteiger partial charge >= 0.3 is 5.97 Å². The van der Waals surface area contributed by atoms with Crippen LogP contribution >= 0.6 is 0 Å². The summed E-state index contributed by atoms with van der Waals surface area (Å²) in [6.45, 7) is 4.13. The minimum Gasteiger partial charge on any atom is -0.469 e.